The molecule has 0 unspecified atom stereocenters. The molecule has 0 bridgehead atoms. The Bertz CT molecular complexity index is 1270. The zero-order chi connectivity index (χ0) is 21.4. The van der Waals surface area contributed by atoms with Gasteiger partial charge in [0.15, 0.2) is 0 Å². The summed E-state index contributed by atoms with van der Waals surface area (Å²) < 4.78 is 61.2. The zero-order valence-electron chi connectivity index (χ0n) is 14.7. The minimum Gasteiger partial charge on any atom is -0.322 e. The van der Waals surface area contributed by atoms with Crippen molar-refractivity contribution in [2.24, 2.45) is 0 Å². The van der Waals surface area contributed by atoms with Crippen molar-refractivity contribution in [3.63, 3.8) is 0 Å². The lowest BCUT2D eigenvalue weighted by Gasteiger charge is -2.13. The highest BCUT2D eigenvalue weighted by atomic mass is 32.2. The van der Waals surface area contributed by atoms with Gasteiger partial charge in [-0.1, -0.05) is 0 Å². The number of carbonyl (C=O) groups is 1. The molecule has 152 valence electrons. The molecule has 1 aromatic heterocycles. The first-order valence-corrected chi connectivity index (χ1v) is 9.45. The number of carbonyl (C=O) groups excluding carboxylic acids is 1. The molecule has 3 rings (SSSR count). The molecule has 12 heteroatoms. The molecule has 8 nitrogen and oxygen atoms in total. The Morgan fingerprint density at radius 3 is 2.45 bits per heavy atom. The van der Waals surface area contributed by atoms with E-state index in [9.17, 15) is 31.2 Å². The summed E-state index contributed by atoms with van der Waals surface area (Å²) in [6.07, 6.45) is 1.25. The zero-order valence-corrected chi connectivity index (χ0v) is 15.5. The number of aromatic amines is 1. The van der Waals surface area contributed by atoms with Gasteiger partial charge in [-0.25, -0.2) is 4.98 Å². The van der Waals surface area contributed by atoms with Gasteiger partial charge in [0, 0.05) is 16.9 Å². The molecule has 0 aliphatic rings. The minimum atomic E-state index is -5.56. The van der Waals surface area contributed by atoms with Crippen molar-refractivity contribution in [2.45, 2.75) is 12.4 Å². The highest BCUT2D eigenvalue weighted by Crippen LogP contribution is 2.26. The van der Waals surface area contributed by atoms with Gasteiger partial charge in [0.2, 0.25) is 0 Å². The highest BCUT2D eigenvalue weighted by molar-refractivity contribution is 7.93. The number of nitrogens with zero attached hydrogens (tertiary/aromatic N) is 1. The van der Waals surface area contributed by atoms with Crippen LogP contribution in [0.2, 0.25) is 0 Å². The fraction of sp³-hybridized carbons (Fsp3) is 0.118. The predicted molar refractivity (Wildman–Crippen MR) is 100 cm³/mol. The maximum atomic E-state index is 12.5. The van der Waals surface area contributed by atoms with Gasteiger partial charge in [0.05, 0.1) is 17.2 Å². The summed E-state index contributed by atoms with van der Waals surface area (Å²) in [5.41, 5.74) is -5.08. The van der Waals surface area contributed by atoms with Crippen molar-refractivity contribution in [2.75, 3.05) is 10.0 Å². The Balaban J connectivity index is 1.83. The van der Waals surface area contributed by atoms with Crippen LogP contribution >= 0.6 is 0 Å². The minimum absolute atomic E-state index is 0.111. The monoisotopic (exact) mass is 426 g/mol. The molecule has 3 N–H and O–H groups in total. The third kappa shape index (κ3) is 4.21. The van der Waals surface area contributed by atoms with Gasteiger partial charge in [-0.3, -0.25) is 14.3 Å². The quantitative estimate of drug-likeness (QED) is 0.592. The van der Waals surface area contributed by atoms with E-state index in [4.69, 9.17) is 0 Å². The number of fused-ring (bicyclic) bond motifs is 1. The van der Waals surface area contributed by atoms with Crippen molar-refractivity contribution in [1.29, 1.82) is 0 Å². The topological polar surface area (TPSA) is 121 Å². The largest absolute Gasteiger partial charge is 0.516 e. The van der Waals surface area contributed by atoms with Gasteiger partial charge >= 0.3 is 15.5 Å². The van der Waals surface area contributed by atoms with Crippen LogP contribution in [0.4, 0.5) is 24.5 Å². The second kappa shape index (κ2) is 7.20. The standard InChI is InChI=1S/C17H13F3N4O4S/c1-9-6-11(24-29(27,28)17(18,19)20)2-4-12(9)16(26)23-10-3-5-14-13(7-10)15(25)22-8-21-14/h2-8,24H,1H3,(H,23,26)(H,21,22,25). The molecule has 2 aromatic carbocycles. The van der Waals surface area contributed by atoms with Gasteiger partial charge in [-0.2, -0.15) is 21.6 Å². The number of hydrogen-bond donors (Lipinski definition) is 3. The number of aryl methyl sites for hydroxylation is 1. The van der Waals surface area contributed by atoms with E-state index < -0.39 is 21.4 Å². The maximum absolute atomic E-state index is 12.5. The third-order valence-electron chi connectivity index (χ3n) is 3.93. The molecule has 0 radical (unpaired) electrons. The Hall–Kier alpha value is -3.41. The summed E-state index contributed by atoms with van der Waals surface area (Å²) in [7, 11) is -5.56. The normalized spacial score (nSPS) is 12.0. The van der Waals surface area contributed by atoms with Gasteiger partial charge in [0.1, 0.15) is 0 Å². The third-order valence-corrected chi connectivity index (χ3v) is 5.04. The fourth-order valence-electron chi connectivity index (χ4n) is 2.54. The lowest BCUT2D eigenvalue weighted by molar-refractivity contribution is -0.0429. The van der Waals surface area contributed by atoms with Crippen LogP contribution in [0.15, 0.2) is 47.5 Å². The average molecular weight is 426 g/mol. The van der Waals surface area contributed by atoms with Crippen molar-refractivity contribution in [3.05, 3.63) is 64.2 Å². The first kappa shape index (κ1) is 20.3. The summed E-state index contributed by atoms with van der Waals surface area (Å²) in [5.74, 6) is -0.590. The smallest absolute Gasteiger partial charge is 0.322 e. The molecule has 0 atom stereocenters. The van der Waals surface area contributed by atoms with E-state index >= 15 is 0 Å². The van der Waals surface area contributed by atoms with Crippen LogP contribution in [0, 0.1) is 6.92 Å². The first-order valence-electron chi connectivity index (χ1n) is 7.96. The number of benzene rings is 2. The summed E-state index contributed by atoms with van der Waals surface area (Å²) >= 11 is 0. The molecule has 0 aliphatic heterocycles. The van der Waals surface area contributed by atoms with Gasteiger partial charge in [-0.05, 0) is 48.9 Å². The second-order valence-corrected chi connectivity index (χ2v) is 7.67. The number of alkyl halides is 3. The molecule has 0 saturated heterocycles. The van der Waals surface area contributed by atoms with Crippen LogP contribution in [0.1, 0.15) is 15.9 Å². The average Bonchev–Trinajstić information content (AvgIpc) is 2.61. The van der Waals surface area contributed by atoms with Gasteiger partial charge < -0.3 is 10.3 Å². The number of hydrogen-bond acceptors (Lipinski definition) is 5. The van der Waals surface area contributed by atoms with Crippen LogP contribution < -0.4 is 15.6 Å². The van der Waals surface area contributed by atoms with E-state index in [1.165, 1.54) is 36.2 Å². The molecule has 0 saturated carbocycles. The van der Waals surface area contributed by atoms with E-state index in [1.807, 2.05) is 0 Å². The Kier molecular flexibility index (Phi) is 5.05. The van der Waals surface area contributed by atoms with Crippen LogP contribution in [0.5, 0.6) is 0 Å². The van der Waals surface area contributed by atoms with Crippen LogP contribution in [0.25, 0.3) is 10.9 Å². The van der Waals surface area contributed by atoms with Crippen molar-refractivity contribution in [3.8, 4) is 0 Å². The van der Waals surface area contributed by atoms with E-state index in [0.717, 1.165) is 12.1 Å². The maximum Gasteiger partial charge on any atom is 0.516 e. The van der Waals surface area contributed by atoms with Crippen LogP contribution in [-0.4, -0.2) is 29.8 Å². The van der Waals surface area contributed by atoms with Gasteiger partial charge in [0.25, 0.3) is 11.5 Å². The molecule has 0 aliphatic carbocycles. The summed E-state index contributed by atoms with van der Waals surface area (Å²) in [6.45, 7) is 1.44. The number of H-pyrrole nitrogens is 1. The first-order chi connectivity index (χ1) is 13.5. The predicted octanol–water partition coefficient (Wildman–Crippen LogP) is 2.75. The Morgan fingerprint density at radius 1 is 1.10 bits per heavy atom. The number of sulfonamides is 1. The Morgan fingerprint density at radius 2 is 1.79 bits per heavy atom. The molecule has 29 heavy (non-hydrogen) atoms. The Labute approximate surface area is 161 Å². The number of aromatic nitrogens is 2. The molecular weight excluding hydrogens is 413 g/mol. The summed E-state index contributed by atoms with van der Waals surface area (Å²) in [4.78, 5) is 30.7. The molecule has 3 aromatic rings. The molecule has 0 spiro atoms. The molecule has 1 amide bonds. The van der Waals surface area contributed by atoms with Crippen molar-refractivity contribution in [1.82, 2.24) is 9.97 Å². The SMILES string of the molecule is Cc1cc(NS(=O)(=O)C(F)(F)F)ccc1C(=O)Nc1ccc2nc[nH]c(=O)c2c1. The lowest BCUT2D eigenvalue weighted by atomic mass is 10.1. The van der Waals surface area contributed by atoms with Crippen molar-refractivity contribution < 1.29 is 26.4 Å². The molecule has 0 fully saturated rings. The number of rotatable bonds is 4. The highest BCUT2D eigenvalue weighted by Gasteiger charge is 2.46. The van der Waals surface area contributed by atoms with Crippen LogP contribution in [0.3, 0.4) is 0 Å². The van der Waals surface area contributed by atoms with Crippen LogP contribution in [-0.2, 0) is 10.0 Å². The number of halogens is 3. The van der Waals surface area contributed by atoms with E-state index in [2.05, 4.69) is 15.3 Å². The van der Waals surface area contributed by atoms with Gasteiger partial charge in [-0.15, -0.1) is 0 Å². The lowest BCUT2D eigenvalue weighted by Crippen LogP contribution is -2.30. The van der Waals surface area contributed by atoms with E-state index in [0.29, 0.717) is 11.2 Å². The van der Waals surface area contributed by atoms with E-state index in [1.54, 1.807) is 6.07 Å². The summed E-state index contributed by atoms with van der Waals surface area (Å²) in [5, 5.41) is 2.84. The summed E-state index contributed by atoms with van der Waals surface area (Å²) in [6, 6.07) is 7.85. The number of anilines is 2. The number of nitrogens with one attached hydrogen (secondary N) is 3. The fourth-order valence-corrected chi connectivity index (χ4v) is 3.09. The van der Waals surface area contributed by atoms with E-state index in [-0.39, 0.29) is 27.8 Å². The molecular formula is C17H13F3N4O4S. The molecule has 1 heterocycles. The van der Waals surface area contributed by atoms with Crippen molar-refractivity contribution >= 4 is 38.2 Å². The number of amides is 1. The second-order valence-electron chi connectivity index (χ2n) is 6.00.